The maximum Gasteiger partial charge on any atom is 0.237 e. The highest BCUT2D eigenvalue weighted by atomic mass is 16.5. The number of rotatable bonds is 11. The highest BCUT2D eigenvalue weighted by Gasteiger charge is 2.43. The van der Waals surface area contributed by atoms with Crippen molar-refractivity contribution in [3.8, 4) is 0 Å². The van der Waals surface area contributed by atoms with Gasteiger partial charge in [0.1, 0.15) is 5.54 Å². The zero-order valence-corrected chi connectivity index (χ0v) is 12.7. The van der Waals surface area contributed by atoms with Crippen molar-refractivity contribution in [1.82, 2.24) is 5.32 Å². The van der Waals surface area contributed by atoms with E-state index in [0.29, 0.717) is 32.8 Å². The molecule has 0 heterocycles. The van der Waals surface area contributed by atoms with Crippen LogP contribution in [0.5, 0.6) is 0 Å². The Morgan fingerprint density at radius 1 is 1.35 bits per heavy atom. The number of carbonyl (C=O) groups excluding carboxylic acids is 1. The van der Waals surface area contributed by atoms with Crippen molar-refractivity contribution in [2.24, 2.45) is 5.73 Å². The summed E-state index contributed by atoms with van der Waals surface area (Å²) in [5.41, 5.74) is 4.94. The summed E-state index contributed by atoms with van der Waals surface area (Å²) >= 11 is 0. The lowest BCUT2D eigenvalue weighted by atomic mass is 9.96. The molecule has 0 aromatic heterocycles. The molecule has 1 amide bonds. The lowest BCUT2D eigenvalue weighted by molar-refractivity contribution is -0.124. The van der Waals surface area contributed by atoms with E-state index >= 15 is 0 Å². The van der Waals surface area contributed by atoms with Crippen LogP contribution < -0.4 is 11.1 Å². The molecule has 2 atom stereocenters. The smallest absolute Gasteiger partial charge is 0.237 e. The van der Waals surface area contributed by atoms with Gasteiger partial charge in [0.25, 0.3) is 0 Å². The largest absolute Gasteiger partial charge is 0.382 e. The third-order valence-corrected chi connectivity index (χ3v) is 3.67. The number of ether oxygens (including phenoxy) is 3. The van der Waals surface area contributed by atoms with E-state index in [2.05, 4.69) is 5.32 Å². The van der Waals surface area contributed by atoms with Crippen molar-refractivity contribution in [2.45, 2.75) is 44.2 Å². The van der Waals surface area contributed by atoms with Crippen LogP contribution in [0.1, 0.15) is 32.6 Å². The Bertz CT molecular complexity index is 288. The summed E-state index contributed by atoms with van der Waals surface area (Å²) in [5, 5.41) is 3.22. The van der Waals surface area contributed by atoms with Gasteiger partial charge in [-0.15, -0.1) is 0 Å². The Morgan fingerprint density at radius 3 is 2.80 bits per heavy atom. The topological polar surface area (TPSA) is 82.8 Å². The molecule has 0 radical (unpaired) electrons. The van der Waals surface area contributed by atoms with Crippen LogP contribution in [0.25, 0.3) is 0 Å². The fourth-order valence-corrected chi connectivity index (χ4v) is 2.61. The Morgan fingerprint density at radius 2 is 2.15 bits per heavy atom. The van der Waals surface area contributed by atoms with Crippen LogP contribution in [0, 0.1) is 0 Å². The van der Waals surface area contributed by atoms with Crippen LogP contribution in [-0.4, -0.2) is 57.6 Å². The van der Waals surface area contributed by atoms with Crippen LogP contribution in [-0.2, 0) is 19.0 Å². The molecule has 0 saturated heterocycles. The number of hydrogen-bond acceptors (Lipinski definition) is 5. The van der Waals surface area contributed by atoms with Crippen LogP contribution in [0.4, 0.5) is 0 Å². The first-order valence-electron chi connectivity index (χ1n) is 7.38. The minimum Gasteiger partial charge on any atom is -0.382 e. The minimum atomic E-state index is -0.575. The third-order valence-electron chi connectivity index (χ3n) is 3.67. The molecule has 1 rings (SSSR count). The monoisotopic (exact) mass is 288 g/mol. The fourth-order valence-electron chi connectivity index (χ4n) is 2.61. The third kappa shape index (κ3) is 5.36. The standard InChI is InChI=1S/C14H28N2O4/c1-3-16-14(13(15)17)6-5-12(11-14)20-8-4-7-19-10-9-18-2/h12,16H,3-11H2,1-2H3,(H2,15,17). The number of amides is 1. The summed E-state index contributed by atoms with van der Waals surface area (Å²) in [5.74, 6) is -0.270. The van der Waals surface area contributed by atoms with Gasteiger partial charge in [0.15, 0.2) is 0 Å². The van der Waals surface area contributed by atoms with E-state index < -0.39 is 5.54 Å². The first kappa shape index (κ1) is 17.4. The second-order valence-electron chi connectivity index (χ2n) is 5.17. The van der Waals surface area contributed by atoms with Gasteiger partial charge in [0.05, 0.1) is 19.3 Å². The molecule has 1 saturated carbocycles. The van der Waals surface area contributed by atoms with Crippen LogP contribution >= 0.6 is 0 Å². The summed E-state index contributed by atoms with van der Waals surface area (Å²) in [6.45, 7) is 5.28. The quantitative estimate of drug-likeness (QED) is 0.539. The Balaban J connectivity index is 2.15. The Kier molecular flexibility index (Phi) is 8.06. The molecular formula is C14H28N2O4. The van der Waals surface area contributed by atoms with Crippen molar-refractivity contribution in [2.75, 3.05) is 40.1 Å². The van der Waals surface area contributed by atoms with Gasteiger partial charge in [0.2, 0.25) is 5.91 Å². The Labute approximate surface area is 121 Å². The van der Waals surface area contributed by atoms with E-state index in [4.69, 9.17) is 19.9 Å². The lowest BCUT2D eigenvalue weighted by Crippen LogP contribution is -2.53. The first-order valence-corrected chi connectivity index (χ1v) is 7.38. The molecule has 6 nitrogen and oxygen atoms in total. The average Bonchev–Trinajstić information content (AvgIpc) is 2.83. The Hall–Kier alpha value is -0.690. The molecule has 1 aliphatic rings. The van der Waals surface area contributed by atoms with E-state index in [9.17, 15) is 4.79 Å². The number of primary amides is 1. The zero-order chi connectivity index (χ0) is 14.8. The summed E-state index contributed by atoms with van der Waals surface area (Å²) in [6.07, 6.45) is 3.26. The zero-order valence-electron chi connectivity index (χ0n) is 12.7. The molecular weight excluding hydrogens is 260 g/mol. The maximum absolute atomic E-state index is 11.6. The molecule has 0 aliphatic heterocycles. The van der Waals surface area contributed by atoms with Crippen molar-refractivity contribution in [3.63, 3.8) is 0 Å². The molecule has 20 heavy (non-hydrogen) atoms. The molecule has 1 aliphatic carbocycles. The predicted octanol–water partition coefficient (Wildman–Crippen LogP) is 0.442. The highest BCUT2D eigenvalue weighted by Crippen LogP contribution is 2.31. The molecule has 118 valence electrons. The van der Waals surface area contributed by atoms with Crippen LogP contribution in [0.3, 0.4) is 0 Å². The molecule has 3 N–H and O–H groups in total. The molecule has 0 spiro atoms. The maximum atomic E-state index is 11.6. The van der Waals surface area contributed by atoms with Crippen molar-refractivity contribution in [1.29, 1.82) is 0 Å². The normalized spacial score (nSPS) is 26.0. The average molecular weight is 288 g/mol. The number of nitrogens with two attached hydrogens (primary N) is 1. The van der Waals surface area contributed by atoms with Gasteiger partial charge in [-0.1, -0.05) is 6.92 Å². The van der Waals surface area contributed by atoms with E-state index in [1.54, 1.807) is 7.11 Å². The minimum absolute atomic E-state index is 0.112. The van der Waals surface area contributed by atoms with Gasteiger partial charge in [-0.05, 0) is 25.8 Å². The molecule has 1 fully saturated rings. The van der Waals surface area contributed by atoms with Gasteiger partial charge >= 0.3 is 0 Å². The summed E-state index contributed by atoms with van der Waals surface area (Å²) in [7, 11) is 1.65. The second-order valence-corrected chi connectivity index (χ2v) is 5.17. The van der Waals surface area contributed by atoms with Gasteiger partial charge in [-0.3, -0.25) is 4.79 Å². The van der Waals surface area contributed by atoms with Crippen LogP contribution in [0.2, 0.25) is 0 Å². The summed E-state index contributed by atoms with van der Waals surface area (Å²) in [4.78, 5) is 11.6. The predicted molar refractivity (Wildman–Crippen MR) is 76.5 cm³/mol. The van der Waals surface area contributed by atoms with Gasteiger partial charge in [0, 0.05) is 26.7 Å². The number of nitrogens with one attached hydrogen (secondary N) is 1. The fraction of sp³-hybridized carbons (Fsp3) is 0.929. The van der Waals surface area contributed by atoms with Gasteiger partial charge in [-0.25, -0.2) is 0 Å². The number of carbonyl (C=O) groups is 1. The first-order chi connectivity index (χ1) is 9.64. The molecule has 0 aromatic rings. The SMILES string of the molecule is CCNC1(C(N)=O)CCC(OCCCOCCOC)C1. The number of methoxy groups -OCH3 is 1. The van der Waals surface area contributed by atoms with Gasteiger partial charge < -0.3 is 25.3 Å². The van der Waals surface area contributed by atoms with Crippen LogP contribution in [0.15, 0.2) is 0 Å². The molecule has 6 heteroatoms. The van der Waals surface area contributed by atoms with E-state index in [1.165, 1.54) is 0 Å². The van der Waals surface area contributed by atoms with Crippen molar-refractivity contribution < 1.29 is 19.0 Å². The summed E-state index contributed by atoms with van der Waals surface area (Å²) < 4.78 is 16.1. The molecule has 0 bridgehead atoms. The van der Waals surface area contributed by atoms with Crippen molar-refractivity contribution in [3.05, 3.63) is 0 Å². The van der Waals surface area contributed by atoms with E-state index in [-0.39, 0.29) is 12.0 Å². The van der Waals surface area contributed by atoms with E-state index in [0.717, 1.165) is 25.8 Å². The number of hydrogen-bond donors (Lipinski definition) is 2. The highest BCUT2D eigenvalue weighted by molar-refractivity contribution is 5.85. The second kappa shape index (κ2) is 9.28. The van der Waals surface area contributed by atoms with E-state index in [1.807, 2.05) is 6.92 Å². The summed E-state index contributed by atoms with van der Waals surface area (Å²) in [6, 6.07) is 0. The lowest BCUT2D eigenvalue weighted by Gasteiger charge is -2.26. The molecule has 0 aromatic carbocycles. The van der Waals surface area contributed by atoms with Crippen molar-refractivity contribution >= 4 is 5.91 Å². The van der Waals surface area contributed by atoms with Gasteiger partial charge in [-0.2, -0.15) is 0 Å². The number of likely N-dealkylation sites (N-methyl/N-ethyl adjacent to an activating group) is 1. The molecule has 2 unspecified atom stereocenters.